The molecule has 68 valence electrons. The average molecular weight is 177 g/mol. The number of ketones is 1. The quantitative estimate of drug-likeness (QED) is 0.698. The molecule has 0 bridgehead atoms. The van der Waals surface area contributed by atoms with E-state index >= 15 is 0 Å². The maximum absolute atomic E-state index is 11.4. The third kappa shape index (κ3) is 1.47. The van der Waals surface area contributed by atoms with Crippen LogP contribution < -0.4 is 0 Å². The molecule has 1 aromatic heterocycles. The Kier molecular flexibility index (Phi) is 2.10. The van der Waals surface area contributed by atoms with E-state index in [1.54, 1.807) is 12.1 Å². The standard InChI is InChI=1S/C10H11NO2/c12-6-7-4-5-8-9(11-7)2-1-3-10(8)13/h4-5,12H,1-3,6H2. The van der Waals surface area contributed by atoms with E-state index in [4.69, 9.17) is 5.11 Å². The Hall–Kier alpha value is -1.22. The third-order valence-corrected chi connectivity index (χ3v) is 2.31. The molecule has 1 aliphatic carbocycles. The summed E-state index contributed by atoms with van der Waals surface area (Å²) >= 11 is 0. The molecule has 0 spiro atoms. The lowest BCUT2D eigenvalue weighted by Gasteiger charge is -2.13. The molecule has 0 atom stereocenters. The fourth-order valence-corrected chi connectivity index (χ4v) is 1.63. The van der Waals surface area contributed by atoms with Gasteiger partial charge in [0.2, 0.25) is 0 Å². The van der Waals surface area contributed by atoms with Crippen molar-refractivity contribution in [3.8, 4) is 0 Å². The van der Waals surface area contributed by atoms with Gasteiger partial charge in [-0.2, -0.15) is 0 Å². The fourth-order valence-electron chi connectivity index (χ4n) is 1.63. The highest BCUT2D eigenvalue weighted by molar-refractivity contribution is 5.97. The minimum Gasteiger partial charge on any atom is -0.390 e. The highest BCUT2D eigenvalue weighted by atomic mass is 16.3. The zero-order valence-corrected chi connectivity index (χ0v) is 7.29. The summed E-state index contributed by atoms with van der Waals surface area (Å²) in [6, 6.07) is 3.48. The van der Waals surface area contributed by atoms with Crippen LogP contribution in [-0.2, 0) is 13.0 Å². The third-order valence-electron chi connectivity index (χ3n) is 2.31. The molecule has 3 nitrogen and oxygen atoms in total. The van der Waals surface area contributed by atoms with Crippen molar-refractivity contribution < 1.29 is 9.90 Å². The van der Waals surface area contributed by atoms with Gasteiger partial charge in [0.25, 0.3) is 0 Å². The van der Waals surface area contributed by atoms with Crippen molar-refractivity contribution in [1.82, 2.24) is 4.98 Å². The summed E-state index contributed by atoms with van der Waals surface area (Å²) in [6.07, 6.45) is 2.37. The summed E-state index contributed by atoms with van der Waals surface area (Å²) in [4.78, 5) is 15.6. The molecule has 1 aromatic rings. The zero-order valence-electron chi connectivity index (χ0n) is 7.29. The van der Waals surface area contributed by atoms with Gasteiger partial charge in [-0.05, 0) is 25.0 Å². The van der Waals surface area contributed by atoms with Crippen LogP contribution in [0.1, 0.15) is 34.6 Å². The van der Waals surface area contributed by atoms with Crippen LogP contribution >= 0.6 is 0 Å². The lowest BCUT2D eigenvalue weighted by Crippen LogP contribution is -2.13. The predicted molar refractivity (Wildman–Crippen MR) is 47.4 cm³/mol. The summed E-state index contributed by atoms with van der Waals surface area (Å²) in [6.45, 7) is -0.0541. The van der Waals surface area contributed by atoms with Gasteiger partial charge < -0.3 is 5.11 Å². The van der Waals surface area contributed by atoms with Crippen LogP contribution in [0, 0.1) is 0 Å². The van der Waals surface area contributed by atoms with Gasteiger partial charge in [-0.15, -0.1) is 0 Å². The minimum atomic E-state index is -0.0541. The van der Waals surface area contributed by atoms with Crippen LogP contribution in [0.2, 0.25) is 0 Å². The highest BCUT2D eigenvalue weighted by Crippen LogP contribution is 2.19. The van der Waals surface area contributed by atoms with Gasteiger partial charge in [-0.25, -0.2) is 0 Å². The highest BCUT2D eigenvalue weighted by Gasteiger charge is 2.17. The Balaban J connectivity index is 2.45. The van der Waals surface area contributed by atoms with E-state index in [1.165, 1.54) is 0 Å². The van der Waals surface area contributed by atoms with E-state index in [9.17, 15) is 4.79 Å². The molecule has 0 saturated heterocycles. The molecule has 1 N–H and O–H groups in total. The number of nitrogens with zero attached hydrogens (tertiary/aromatic N) is 1. The number of hydrogen-bond acceptors (Lipinski definition) is 3. The molecule has 0 unspecified atom stereocenters. The van der Waals surface area contributed by atoms with Gasteiger partial charge in [-0.3, -0.25) is 9.78 Å². The Morgan fingerprint density at radius 3 is 3.00 bits per heavy atom. The molecule has 0 fully saturated rings. The van der Waals surface area contributed by atoms with Crippen LogP contribution in [-0.4, -0.2) is 15.9 Å². The molecule has 0 radical (unpaired) electrons. The monoisotopic (exact) mass is 177 g/mol. The van der Waals surface area contributed by atoms with Gasteiger partial charge in [-0.1, -0.05) is 0 Å². The first-order valence-corrected chi connectivity index (χ1v) is 4.44. The molecular weight excluding hydrogens is 166 g/mol. The lowest BCUT2D eigenvalue weighted by molar-refractivity contribution is 0.0971. The first-order valence-electron chi connectivity index (χ1n) is 4.44. The second-order valence-electron chi connectivity index (χ2n) is 3.23. The molecule has 0 aliphatic heterocycles. The van der Waals surface area contributed by atoms with Crippen LogP contribution in [0.3, 0.4) is 0 Å². The number of aryl methyl sites for hydroxylation is 1. The largest absolute Gasteiger partial charge is 0.390 e. The van der Waals surface area contributed by atoms with E-state index < -0.39 is 0 Å². The number of rotatable bonds is 1. The van der Waals surface area contributed by atoms with Gasteiger partial charge >= 0.3 is 0 Å². The first kappa shape index (κ1) is 8.38. The molecule has 13 heavy (non-hydrogen) atoms. The Morgan fingerprint density at radius 2 is 2.23 bits per heavy atom. The molecule has 0 saturated carbocycles. The second-order valence-corrected chi connectivity index (χ2v) is 3.23. The zero-order chi connectivity index (χ0) is 9.26. The Bertz CT molecular complexity index is 347. The number of carbonyl (C=O) groups excluding carboxylic acids is 1. The number of fused-ring (bicyclic) bond motifs is 1. The molecule has 3 heteroatoms. The normalized spacial score (nSPS) is 15.6. The number of aromatic nitrogens is 1. The van der Waals surface area contributed by atoms with E-state index in [0.29, 0.717) is 12.1 Å². The van der Waals surface area contributed by atoms with Crippen LogP contribution in [0.15, 0.2) is 12.1 Å². The van der Waals surface area contributed by atoms with Crippen LogP contribution in [0.25, 0.3) is 0 Å². The maximum Gasteiger partial charge on any atom is 0.164 e. The number of Topliss-reactive ketones (excluding diaryl/α,β-unsaturated/α-hetero) is 1. The van der Waals surface area contributed by atoms with Gasteiger partial charge in [0.15, 0.2) is 5.78 Å². The van der Waals surface area contributed by atoms with Crippen LogP contribution in [0.5, 0.6) is 0 Å². The second kappa shape index (κ2) is 3.26. The van der Waals surface area contributed by atoms with E-state index in [0.717, 1.165) is 24.1 Å². The Labute approximate surface area is 76.4 Å². The summed E-state index contributed by atoms with van der Waals surface area (Å²) in [5.41, 5.74) is 2.24. The SMILES string of the molecule is O=C1CCCc2nc(CO)ccc21. The van der Waals surface area contributed by atoms with Crippen molar-refractivity contribution in [2.24, 2.45) is 0 Å². The van der Waals surface area contributed by atoms with Crippen molar-refractivity contribution in [2.45, 2.75) is 25.9 Å². The maximum atomic E-state index is 11.4. The number of hydrogen-bond donors (Lipinski definition) is 1. The van der Waals surface area contributed by atoms with E-state index in [1.807, 2.05) is 0 Å². The summed E-state index contributed by atoms with van der Waals surface area (Å²) in [7, 11) is 0. The first-order chi connectivity index (χ1) is 6.31. The summed E-state index contributed by atoms with van der Waals surface area (Å²) in [5, 5.41) is 8.86. The lowest BCUT2D eigenvalue weighted by atomic mass is 9.95. The summed E-state index contributed by atoms with van der Waals surface area (Å²) in [5.74, 6) is 0.179. The van der Waals surface area contributed by atoms with Gasteiger partial charge in [0.05, 0.1) is 18.0 Å². The molecule has 0 aromatic carbocycles. The van der Waals surface area contributed by atoms with Crippen molar-refractivity contribution in [2.75, 3.05) is 0 Å². The van der Waals surface area contributed by atoms with Crippen molar-refractivity contribution in [1.29, 1.82) is 0 Å². The molecule has 2 rings (SSSR count). The summed E-state index contributed by atoms with van der Waals surface area (Å²) < 4.78 is 0. The van der Waals surface area contributed by atoms with Gasteiger partial charge in [0, 0.05) is 12.0 Å². The van der Waals surface area contributed by atoms with Gasteiger partial charge in [0.1, 0.15) is 0 Å². The van der Waals surface area contributed by atoms with Crippen LogP contribution in [0.4, 0.5) is 0 Å². The molecular formula is C10H11NO2. The number of aliphatic hydroxyl groups excluding tert-OH is 1. The van der Waals surface area contributed by atoms with Crippen molar-refractivity contribution >= 4 is 5.78 Å². The van der Waals surface area contributed by atoms with E-state index in [2.05, 4.69) is 4.98 Å². The fraction of sp³-hybridized carbons (Fsp3) is 0.400. The predicted octanol–water partition coefficient (Wildman–Crippen LogP) is 1.09. The number of aliphatic hydroxyl groups is 1. The molecule has 1 heterocycles. The van der Waals surface area contributed by atoms with E-state index in [-0.39, 0.29) is 12.4 Å². The van der Waals surface area contributed by atoms with Crippen molar-refractivity contribution in [3.05, 3.63) is 29.1 Å². The number of carbonyl (C=O) groups is 1. The number of pyridine rings is 1. The minimum absolute atomic E-state index is 0.0541. The molecule has 0 amide bonds. The van der Waals surface area contributed by atoms with Crippen molar-refractivity contribution in [3.63, 3.8) is 0 Å². The average Bonchev–Trinajstić information content (AvgIpc) is 2.18. The topological polar surface area (TPSA) is 50.2 Å². The molecule has 1 aliphatic rings. The Morgan fingerprint density at radius 1 is 1.38 bits per heavy atom. The smallest absolute Gasteiger partial charge is 0.164 e.